The van der Waals surface area contributed by atoms with Crippen molar-refractivity contribution < 1.29 is 9.53 Å². The number of hydrogen-bond acceptors (Lipinski definition) is 2. The van der Waals surface area contributed by atoms with Crippen LogP contribution in [0.5, 0.6) is 5.75 Å². The number of hydrogen-bond donors (Lipinski definition) is 1. The van der Waals surface area contributed by atoms with Crippen LogP contribution in [0.2, 0.25) is 0 Å². The fourth-order valence-electron chi connectivity index (χ4n) is 4.79. The number of benzene rings is 3. The monoisotopic (exact) mass is 465 g/mol. The molecule has 1 aliphatic heterocycles. The number of urea groups is 1. The number of ether oxygens (including phenoxy) is 1. The van der Waals surface area contributed by atoms with Gasteiger partial charge >= 0.3 is 6.03 Å². The van der Waals surface area contributed by atoms with Gasteiger partial charge in [-0.15, -0.1) is 0 Å². The van der Waals surface area contributed by atoms with E-state index in [9.17, 15) is 4.79 Å². The van der Waals surface area contributed by atoms with Crippen molar-refractivity contribution >= 4 is 11.7 Å². The van der Waals surface area contributed by atoms with Crippen molar-refractivity contribution in [2.75, 3.05) is 11.9 Å². The van der Waals surface area contributed by atoms with Gasteiger partial charge in [-0.2, -0.15) is 0 Å². The van der Waals surface area contributed by atoms with Crippen molar-refractivity contribution in [2.24, 2.45) is 0 Å². The quantitative estimate of drug-likeness (QED) is 0.341. The van der Waals surface area contributed by atoms with E-state index in [2.05, 4.69) is 72.4 Å². The SMILES string of the molecule is CCOc1ccccc1NC(=O)N1Cc2ccccc2-n2cccc2[C@H]1c1ccc(C(C)C)cc1. The van der Waals surface area contributed by atoms with E-state index < -0.39 is 0 Å². The summed E-state index contributed by atoms with van der Waals surface area (Å²) in [6.45, 7) is 7.34. The van der Waals surface area contributed by atoms with Crippen LogP contribution in [0.15, 0.2) is 91.1 Å². The maximum atomic E-state index is 13.9. The smallest absolute Gasteiger partial charge is 0.323 e. The highest BCUT2D eigenvalue weighted by Crippen LogP contribution is 2.37. The van der Waals surface area contributed by atoms with Gasteiger partial charge in [0.25, 0.3) is 0 Å². The molecule has 1 N–H and O–H groups in total. The van der Waals surface area contributed by atoms with Crippen molar-refractivity contribution in [3.8, 4) is 11.4 Å². The topological polar surface area (TPSA) is 46.5 Å². The number of rotatable bonds is 5. The molecule has 3 aromatic carbocycles. The first-order valence-electron chi connectivity index (χ1n) is 12.2. The third kappa shape index (κ3) is 4.42. The second-order valence-electron chi connectivity index (χ2n) is 9.14. The van der Waals surface area contributed by atoms with Gasteiger partial charge < -0.3 is 19.5 Å². The van der Waals surface area contributed by atoms with Crippen LogP contribution < -0.4 is 10.1 Å². The lowest BCUT2D eigenvalue weighted by Crippen LogP contribution is -2.38. The van der Waals surface area contributed by atoms with E-state index >= 15 is 0 Å². The Hall–Kier alpha value is -3.99. The van der Waals surface area contributed by atoms with Crippen LogP contribution in [0.25, 0.3) is 5.69 Å². The number of fused-ring (bicyclic) bond motifs is 3. The Balaban J connectivity index is 1.60. The zero-order valence-electron chi connectivity index (χ0n) is 20.4. The van der Waals surface area contributed by atoms with E-state index in [1.807, 2.05) is 54.3 Å². The highest BCUT2D eigenvalue weighted by Gasteiger charge is 2.33. The average molecular weight is 466 g/mol. The summed E-state index contributed by atoms with van der Waals surface area (Å²) in [7, 11) is 0. The number of nitrogens with one attached hydrogen (secondary N) is 1. The van der Waals surface area contributed by atoms with Crippen molar-refractivity contribution in [2.45, 2.75) is 39.3 Å². The maximum Gasteiger partial charge on any atom is 0.323 e. The van der Waals surface area contributed by atoms with E-state index in [0.717, 1.165) is 22.5 Å². The molecule has 0 radical (unpaired) electrons. The summed E-state index contributed by atoms with van der Waals surface area (Å²) in [4.78, 5) is 15.8. The Morgan fingerprint density at radius 1 is 0.971 bits per heavy atom. The van der Waals surface area contributed by atoms with Gasteiger partial charge in [-0.25, -0.2) is 4.79 Å². The molecular formula is C30H31N3O2. The fraction of sp³-hybridized carbons (Fsp3) is 0.233. The van der Waals surface area contributed by atoms with E-state index in [-0.39, 0.29) is 12.1 Å². The fourth-order valence-corrected chi connectivity index (χ4v) is 4.79. The minimum atomic E-state index is -0.252. The molecule has 35 heavy (non-hydrogen) atoms. The molecule has 1 atom stereocenters. The minimum Gasteiger partial charge on any atom is -0.492 e. The number of amides is 2. The summed E-state index contributed by atoms with van der Waals surface area (Å²) in [5.41, 5.74) is 6.28. The highest BCUT2D eigenvalue weighted by molar-refractivity contribution is 5.91. The van der Waals surface area contributed by atoms with Crippen molar-refractivity contribution in [1.82, 2.24) is 9.47 Å². The second-order valence-corrected chi connectivity index (χ2v) is 9.14. The van der Waals surface area contributed by atoms with Crippen molar-refractivity contribution in [1.29, 1.82) is 0 Å². The molecule has 0 fully saturated rings. The summed E-state index contributed by atoms with van der Waals surface area (Å²) in [5, 5.41) is 3.13. The summed E-state index contributed by atoms with van der Waals surface area (Å²) in [5.74, 6) is 1.11. The van der Waals surface area contributed by atoms with Gasteiger partial charge in [-0.05, 0) is 59.9 Å². The molecule has 2 amide bonds. The number of anilines is 1. The summed E-state index contributed by atoms with van der Waals surface area (Å²) in [6.07, 6.45) is 2.08. The zero-order valence-corrected chi connectivity index (χ0v) is 20.4. The molecule has 1 aromatic heterocycles. The molecular weight excluding hydrogens is 434 g/mol. The van der Waals surface area contributed by atoms with Gasteiger partial charge in [0.05, 0.1) is 30.6 Å². The largest absolute Gasteiger partial charge is 0.492 e. The van der Waals surface area contributed by atoms with Crippen LogP contribution in [-0.2, 0) is 6.54 Å². The molecule has 5 nitrogen and oxygen atoms in total. The lowest BCUT2D eigenvalue weighted by Gasteiger charge is -2.31. The van der Waals surface area contributed by atoms with Gasteiger partial charge in [0.1, 0.15) is 5.75 Å². The summed E-state index contributed by atoms with van der Waals surface area (Å²) < 4.78 is 7.97. The first-order chi connectivity index (χ1) is 17.1. The molecule has 0 saturated heterocycles. The van der Waals surface area contributed by atoms with Crippen LogP contribution in [0.4, 0.5) is 10.5 Å². The van der Waals surface area contributed by atoms with Crippen molar-refractivity contribution in [3.05, 3.63) is 114 Å². The Kier molecular flexibility index (Phi) is 6.32. The average Bonchev–Trinajstić information content (AvgIpc) is 3.29. The van der Waals surface area contributed by atoms with Crippen molar-refractivity contribution in [3.63, 3.8) is 0 Å². The van der Waals surface area contributed by atoms with Gasteiger partial charge in [0.15, 0.2) is 0 Å². The molecule has 5 heteroatoms. The third-order valence-electron chi connectivity index (χ3n) is 6.57. The highest BCUT2D eigenvalue weighted by atomic mass is 16.5. The standard InChI is InChI=1S/C30H31N3O2/c1-4-35-28-14-8-6-11-25(28)31-30(34)33-20-24-10-5-7-12-26(24)32-19-9-13-27(32)29(33)23-17-15-22(16-18-23)21(2)3/h5-19,21,29H,4,20H2,1-3H3,(H,31,34)/t29-/m1/s1. The van der Waals surface area contributed by atoms with Crippen LogP contribution in [0.3, 0.4) is 0 Å². The number of carbonyl (C=O) groups is 1. The number of para-hydroxylation sites is 3. The molecule has 178 valence electrons. The number of carbonyl (C=O) groups excluding carboxylic acids is 1. The molecule has 1 aliphatic rings. The normalized spacial score (nSPS) is 14.7. The first kappa shape index (κ1) is 22.8. The Morgan fingerprint density at radius 3 is 2.49 bits per heavy atom. The number of aromatic nitrogens is 1. The molecule has 2 heterocycles. The maximum absolute atomic E-state index is 13.9. The summed E-state index contributed by atoms with van der Waals surface area (Å²) >= 11 is 0. The van der Waals surface area contributed by atoms with Crippen LogP contribution >= 0.6 is 0 Å². The molecule has 0 spiro atoms. The first-order valence-corrected chi connectivity index (χ1v) is 12.2. The molecule has 0 unspecified atom stereocenters. The van der Waals surface area contributed by atoms with Crippen LogP contribution in [0, 0.1) is 0 Å². The zero-order chi connectivity index (χ0) is 24.4. The molecule has 0 aliphatic carbocycles. The van der Waals surface area contributed by atoms with Crippen LogP contribution in [-0.4, -0.2) is 22.1 Å². The van der Waals surface area contributed by atoms with E-state index in [4.69, 9.17) is 4.74 Å². The van der Waals surface area contributed by atoms with Gasteiger partial charge in [-0.1, -0.05) is 68.4 Å². The van der Waals surface area contributed by atoms with E-state index in [1.54, 1.807) is 0 Å². The molecule has 0 bridgehead atoms. The lowest BCUT2D eigenvalue weighted by molar-refractivity contribution is 0.194. The number of nitrogens with zero attached hydrogens (tertiary/aromatic N) is 2. The Morgan fingerprint density at radius 2 is 1.71 bits per heavy atom. The predicted molar refractivity (Wildman–Crippen MR) is 140 cm³/mol. The van der Waals surface area contributed by atoms with E-state index in [0.29, 0.717) is 30.5 Å². The Labute approximate surface area is 207 Å². The van der Waals surface area contributed by atoms with Gasteiger partial charge in [0, 0.05) is 11.9 Å². The van der Waals surface area contributed by atoms with Crippen LogP contribution in [0.1, 0.15) is 55.1 Å². The third-order valence-corrected chi connectivity index (χ3v) is 6.57. The molecule has 5 rings (SSSR count). The van der Waals surface area contributed by atoms with E-state index in [1.165, 1.54) is 5.56 Å². The molecule has 4 aromatic rings. The predicted octanol–water partition coefficient (Wildman–Crippen LogP) is 7.14. The van der Waals surface area contributed by atoms with Gasteiger partial charge in [-0.3, -0.25) is 0 Å². The Bertz CT molecular complexity index is 1320. The second kappa shape index (κ2) is 9.71. The summed E-state index contributed by atoms with van der Waals surface area (Å²) in [6, 6.07) is 28.3. The van der Waals surface area contributed by atoms with Gasteiger partial charge in [0.2, 0.25) is 0 Å². The minimum absolute atomic E-state index is 0.167. The molecule has 0 saturated carbocycles. The lowest BCUT2D eigenvalue weighted by atomic mass is 9.97.